The van der Waals surface area contributed by atoms with Crippen LogP contribution in [-0.2, 0) is 14.3 Å². The zero-order valence-corrected chi connectivity index (χ0v) is 22.7. The second-order valence-electron chi connectivity index (χ2n) is 10.3. The zero-order valence-electron chi connectivity index (χ0n) is 21.1. The number of morpholine rings is 1. The van der Waals surface area contributed by atoms with Gasteiger partial charge in [-0.25, -0.2) is 4.39 Å². The van der Waals surface area contributed by atoms with E-state index in [-0.39, 0.29) is 36.6 Å². The second-order valence-corrected chi connectivity index (χ2v) is 12.0. The van der Waals surface area contributed by atoms with E-state index in [0.29, 0.717) is 39.9 Å². The quantitative estimate of drug-likeness (QED) is 0.429. The van der Waals surface area contributed by atoms with Gasteiger partial charge in [0, 0.05) is 31.9 Å². The third kappa shape index (κ3) is 6.72. The molecule has 1 aliphatic heterocycles. The smallest absolute Gasteiger partial charge is 0.261 e. The summed E-state index contributed by atoms with van der Waals surface area (Å²) in [6.45, 7) is 2.34. The lowest BCUT2D eigenvalue weighted by atomic mass is 9.84. The molecule has 2 heterocycles. The van der Waals surface area contributed by atoms with Gasteiger partial charge in [-0.05, 0) is 67.9 Å². The molecule has 1 atom stereocenters. The van der Waals surface area contributed by atoms with Gasteiger partial charge in [0.2, 0.25) is 5.91 Å². The highest BCUT2D eigenvalue weighted by atomic mass is 35.5. The largest absolute Gasteiger partial charge is 0.370 e. The van der Waals surface area contributed by atoms with Crippen LogP contribution in [0.25, 0.3) is 0 Å². The molecular formula is C27H32ClFN4O4S. The molecule has 3 fully saturated rings. The fraction of sp³-hybridized carbons (Fsp3) is 0.519. The summed E-state index contributed by atoms with van der Waals surface area (Å²) in [5, 5.41) is 5.64. The molecule has 0 unspecified atom stereocenters. The SMILES string of the molecule is O=C(NC[C@H](C(=O)Nc1ccc(N2CCOCC2=O)cc1F)N(CC1CCC1)CC1CC1)c1ccc(Cl)s1. The molecule has 1 saturated heterocycles. The van der Waals surface area contributed by atoms with E-state index >= 15 is 4.39 Å². The van der Waals surface area contributed by atoms with Gasteiger partial charge in [0.1, 0.15) is 18.5 Å². The fourth-order valence-corrected chi connectivity index (χ4v) is 5.81. The van der Waals surface area contributed by atoms with Crippen LogP contribution in [-0.4, -0.2) is 68.1 Å². The van der Waals surface area contributed by atoms with Gasteiger partial charge < -0.3 is 20.3 Å². The van der Waals surface area contributed by atoms with Crippen LogP contribution in [0.5, 0.6) is 0 Å². The van der Waals surface area contributed by atoms with Gasteiger partial charge >= 0.3 is 0 Å². The Morgan fingerprint density at radius 1 is 1.16 bits per heavy atom. The van der Waals surface area contributed by atoms with E-state index in [0.717, 1.165) is 38.8 Å². The number of hydrogen-bond donors (Lipinski definition) is 2. The van der Waals surface area contributed by atoms with Crippen molar-refractivity contribution < 1.29 is 23.5 Å². The summed E-state index contributed by atoms with van der Waals surface area (Å²) in [5.41, 5.74) is 0.461. The Kier molecular flexibility index (Phi) is 8.62. The van der Waals surface area contributed by atoms with E-state index in [4.69, 9.17) is 16.3 Å². The van der Waals surface area contributed by atoms with E-state index in [2.05, 4.69) is 15.5 Å². The van der Waals surface area contributed by atoms with Gasteiger partial charge in [-0.1, -0.05) is 18.0 Å². The molecule has 2 N–H and O–H groups in total. The van der Waals surface area contributed by atoms with Crippen LogP contribution in [0.2, 0.25) is 4.34 Å². The number of carbonyl (C=O) groups excluding carboxylic acids is 3. The lowest BCUT2D eigenvalue weighted by Crippen LogP contribution is -2.53. The first-order chi connectivity index (χ1) is 18.4. The van der Waals surface area contributed by atoms with E-state index in [9.17, 15) is 14.4 Å². The number of hydrogen-bond acceptors (Lipinski definition) is 6. The highest BCUT2D eigenvalue weighted by Crippen LogP contribution is 2.33. The van der Waals surface area contributed by atoms with Crippen LogP contribution < -0.4 is 15.5 Å². The lowest BCUT2D eigenvalue weighted by molar-refractivity contribution is -0.125. The second kappa shape index (κ2) is 12.1. The number of halogens is 2. The van der Waals surface area contributed by atoms with Crippen LogP contribution in [0.4, 0.5) is 15.8 Å². The average molecular weight is 563 g/mol. The summed E-state index contributed by atoms with van der Waals surface area (Å²) in [7, 11) is 0. The number of carbonyl (C=O) groups is 3. The number of nitrogens with one attached hydrogen (secondary N) is 2. The molecule has 3 amide bonds. The van der Waals surface area contributed by atoms with Gasteiger partial charge in [0.15, 0.2) is 0 Å². The van der Waals surface area contributed by atoms with Gasteiger partial charge in [0.05, 0.1) is 21.5 Å². The van der Waals surface area contributed by atoms with Gasteiger partial charge in [0.25, 0.3) is 11.8 Å². The molecule has 3 aliphatic rings. The Morgan fingerprint density at radius 2 is 1.92 bits per heavy atom. The normalized spacial score (nSPS) is 18.8. The molecule has 11 heteroatoms. The van der Waals surface area contributed by atoms with Crippen LogP contribution in [0, 0.1) is 17.7 Å². The molecule has 2 saturated carbocycles. The molecule has 38 heavy (non-hydrogen) atoms. The first-order valence-electron chi connectivity index (χ1n) is 13.1. The monoisotopic (exact) mass is 562 g/mol. The van der Waals surface area contributed by atoms with Crippen molar-refractivity contribution in [1.82, 2.24) is 10.2 Å². The topological polar surface area (TPSA) is 91.0 Å². The number of ether oxygens (including phenoxy) is 1. The molecule has 1 aromatic carbocycles. The molecule has 0 spiro atoms. The molecule has 1 aromatic heterocycles. The summed E-state index contributed by atoms with van der Waals surface area (Å²) >= 11 is 7.17. The highest BCUT2D eigenvalue weighted by Gasteiger charge is 2.35. The first kappa shape index (κ1) is 27.1. The number of rotatable bonds is 11. The average Bonchev–Trinajstić information content (AvgIpc) is 3.59. The minimum atomic E-state index is -0.657. The Labute approximate surface area is 230 Å². The standard InChI is InChI=1S/C27H32ClFN4O4S/c28-24-9-8-23(38-24)27(36)30-13-22(32(15-18-4-5-18)14-17-2-1-3-17)26(35)31-21-7-6-19(12-20(21)29)33-10-11-37-16-25(33)34/h6-9,12,17-18,22H,1-5,10-11,13-16H2,(H,30,36)(H,31,35)/t22-/m1/s1. The third-order valence-corrected chi connectivity index (χ3v) is 8.64. The Morgan fingerprint density at radius 3 is 2.53 bits per heavy atom. The number of anilines is 2. The minimum absolute atomic E-state index is 0.0378. The number of amides is 3. The highest BCUT2D eigenvalue weighted by molar-refractivity contribution is 7.18. The van der Waals surface area contributed by atoms with E-state index in [1.165, 1.54) is 34.8 Å². The van der Waals surface area contributed by atoms with Crippen molar-refractivity contribution in [3.63, 3.8) is 0 Å². The van der Waals surface area contributed by atoms with Crippen LogP contribution >= 0.6 is 22.9 Å². The zero-order chi connectivity index (χ0) is 26.6. The van der Waals surface area contributed by atoms with Crippen molar-refractivity contribution >= 4 is 52.0 Å². The van der Waals surface area contributed by atoms with Crippen molar-refractivity contribution in [1.29, 1.82) is 0 Å². The predicted octanol–water partition coefficient (Wildman–Crippen LogP) is 4.15. The van der Waals surface area contributed by atoms with Gasteiger partial charge in [-0.15, -0.1) is 11.3 Å². The van der Waals surface area contributed by atoms with E-state index < -0.39 is 11.9 Å². The maximum absolute atomic E-state index is 15.1. The van der Waals surface area contributed by atoms with Crippen LogP contribution in [0.15, 0.2) is 30.3 Å². The van der Waals surface area contributed by atoms with Crippen molar-refractivity contribution in [2.45, 2.75) is 38.1 Å². The van der Waals surface area contributed by atoms with E-state index in [1.54, 1.807) is 18.2 Å². The van der Waals surface area contributed by atoms with Gasteiger partial charge in [-0.3, -0.25) is 19.3 Å². The molecule has 0 radical (unpaired) electrons. The lowest BCUT2D eigenvalue weighted by Gasteiger charge is -2.37. The number of thiophene rings is 1. The Hall–Kier alpha value is -2.53. The third-order valence-electron chi connectivity index (χ3n) is 7.41. The summed E-state index contributed by atoms with van der Waals surface area (Å²) in [6.07, 6.45) is 5.72. The maximum atomic E-state index is 15.1. The number of nitrogens with zero attached hydrogens (tertiary/aromatic N) is 2. The minimum Gasteiger partial charge on any atom is -0.370 e. The maximum Gasteiger partial charge on any atom is 0.261 e. The molecule has 5 rings (SSSR count). The van der Waals surface area contributed by atoms with Crippen molar-refractivity contribution in [2.75, 3.05) is 49.6 Å². The van der Waals surface area contributed by atoms with Crippen LogP contribution in [0.1, 0.15) is 41.8 Å². The Bertz CT molecular complexity index is 1190. The van der Waals surface area contributed by atoms with Crippen molar-refractivity contribution in [3.8, 4) is 0 Å². The molecule has 204 valence electrons. The molecule has 2 aromatic rings. The fourth-order valence-electron chi connectivity index (χ4n) is 4.85. The van der Waals surface area contributed by atoms with Crippen molar-refractivity contribution in [3.05, 3.63) is 45.4 Å². The summed E-state index contributed by atoms with van der Waals surface area (Å²) in [6, 6.07) is 7.02. The molecule has 2 aliphatic carbocycles. The summed E-state index contributed by atoms with van der Waals surface area (Å²) in [5.74, 6) is -0.456. The van der Waals surface area contributed by atoms with E-state index in [1.807, 2.05) is 0 Å². The molecule has 0 bridgehead atoms. The Balaban J connectivity index is 1.32. The summed E-state index contributed by atoms with van der Waals surface area (Å²) < 4.78 is 20.8. The predicted molar refractivity (Wildman–Crippen MR) is 145 cm³/mol. The molecule has 8 nitrogen and oxygen atoms in total. The molecular weight excluding hydrogens is 531 g/mol. The first-order valence-corrected chi connectivity index (χ1v) is 14.3. The van der Waals surface area contributed by atoms with Gasteiger partial charge in [-0.2, -0.15) is 0 Å². The summed E-state index contributed by atoms with van der Waals surface area (Å²) in [4.78, 5) is 42.6. The van der Waals surface area contributed by atoms with Crippen LogP contribution in [0.3, 0.4) is 0 Å². The number of benzene rings is 1. The van der Waals surface area contributed by atoms with Crippen molar-refractivity contribution in [2.24, 2.45) is 11.8 Å².